The highest BCUT2D eigenvalue weighted by Crippen LogP contribution is 2.24. The van der Waals surface area contributed by atoms with Crippen LogP contribution in [0.15, 0.2) is 22.7 Å². The maximum absolute atomic E-state index is 12.3. The van der Waals surface area contributed by atoms with Crippen LogP contribution >= 0.6 is 11.6 Å². The van der Waals surface area contributed by atoms with Gasteiger partial charge in [-0.3, -0.25) is 14.4 Å². The van der Waals surface area contributed by atoms with Crippen molar-refractivity contribution in [3.8, 4) is 0 Å². The molecule has 0 bridgehead atoms. The number of carbonyl (C=O) groups excluding carboxylic acids is 2. The molecule has 0 atom stereocenters. The zero-order chi connectivity index (χ0) is 17.9. The molecule has 0 saturated heterocycles. The van der Waals surface area contributed by atoms with Gasteiger partial charge in [-0.1, -0.05) is 16.8 Å². The van der Waals surface area contributed by atoms with Crippen LogP contribution in [0.2, 0.25) is 5.02 Å². The summed E-state index contributed by atoms with van der Waals surface area (Å²) in [6.45, 7) is 2.72. The number of nitrogens with one attached hydrogen (secondary N) is 2. The fraction of sp³-hybridized carbons (Fsp3) is 0.200. The number of aryl methyl sites for hydroxylation is 2. The summed E-state index contributed by atoms with van der Waals surface area (Å²) >= 11 is 6.03. The molecule has 2 rings (SSSR count). The van der Waals surface area contributed by atoms with Crippen molar-refractivity contribution in [3.05, 3.63) is 45.8 Å². The predicted molar refractivity (Wildman–Crippen MR) is 85.4 cm³/mol. The van der Waals surface area contributed by atoms with Crippen molar-refractivity contribution in [2.24, 2.45) is 0 Å². The number of benzene rings is 1. The molecule has 9 heteroatoms. The molecule has 0 saturated carbocycles. The molecule has 0 aliphatic rings. The lowest BCUT2D eigenvalue weighted by Crippen LogP contribution is -2.29. The number of aromatic nitrogens is 1. The van der Waals surface area contributed by atoms with E-state index in [0.29, 0.717) is 11.5 Å². The molecule has 2 amide bonds. The molecule has 0 aliphatic heterocycles. The van der Waals surface area contributed by atoms with E-state index in [1.807, 2.05) is 0 Å². The largest absolute Gasteiger partial charge is 0.480 e. The fourth-order valence-electron chi connectivity index (χ4n) is 2.01. The Morgan fingerprint density at radius 1 is 1.25 bits per heavy atom. The lowest BCUT2D eigenvalue weighted by molar-refractivity contribution is -0.135. The third-order valence-electron chi connectivity index (χ3n) is 3.14. The number of nitrogens with zero attached hydrogens (tertiary/aromatic N) is 1. The molecule has 0 spiro atoms. The summed E-state index contributed by atoms with van der Waals surface area (Å²) in [5.74, 6) is -1.88. The van der Waals surface area contributed by atoms with Gasteiger partial charge in [-0.15, -0.1) is 0 Å². The molecule has 3 N–H and O–H groups in total. The summed E-state index contributed by atoms with van der Waals surface area (Å²) in [6, 6.07) is 4.21. The van der Waals surface area contributed by atoms with E-state index in [4.69, 9.17) is 21.2 Å². The Labute approximate surface area is 141 Å². The van der Waals surface area contributed by atoms with Crippen molar-refractivity contribution in [1.82, 2.24) is 10.5 Å². The van der Waals surface area contributed by atoms with Gasteiger partial charge in [0.05, 0.1) is 16.4 Å². The SMILES string of the molecule is Cc1noc(C)c1C(=O)Nc1cc(C(=O)NCC(=O)O)ccc1Cl. The van der Waals surface area contributed by atoms with Gasteiger partial charge in [-0.25, -0.2) is 0 Å². The highest BCUT2D eigenvalue weighted by Gasteiger charge is 2.19. The number of carboxylic acids is 1. The van der Waals surface area contributed by atoms with Crippen molar-refractivity contribution >= 4 is 35.1 Å². The Morgan fingerprint density at radius 2 is 1.96 bits per heavy atom. The first-order valence-electron chi connectivity index (χ1n) is 6.83. The molecule has 1 heterocycles. The van der Waals surface area contributed by atoms with Gasteiger partial charge in [0, 0.05) is 5.56 Å². The van der Waals surface area contributed by atoms with Crippen LogP contribution in [0.3, 0.4) is 0 Å². The number of hydrogen-bond donors (Lipinski definition) is 3. The number of carbonyl (C=O) groups is 3. The van der Waals surface area contributed by atoms with E-state index in [9.17, 15) is 14.4 Å². The number of hydrogen-bond acceptors (Lipinski definition) is 5. The maximum Gasteiger partial charge on any atom is 0.322 e. The standard InChI is InChI=1S/C15H14ClN3O5/c1-7-13(8(2)24-19-7)15(23)18-11-5-9(3-4-10(11)16)14(22)17-6-12(20)21/h3-5H,6H2,1-2H3,(H,17,22)(H,18,23)(H,20,21). The van der Waals surface area contributed by atoms with E-state index in [2.05, 4.69) is 15.8 Å². The number of amides is 2. The van der Waals surface area contributed by atoms with Gasteiger partial charge in [0.25, 0.3) is 11.8 Å². The average molecular weight is 352 g/mol. The number of anilines is 1. The zero-order valence-electron chi connectivity index (χ0n) is 12.8. The molecule has 0 unspecified atom stereocenters. The number of carboxylic acid groups (broad SMARTS) is 1. The van der Waals surface area contributed by atoms with Crippen molar-refractivity contribution in [1.29, 1.82) is 0 Å². The van der Waals surface area contributed by atoms with E-state index >= 15 is 0 Å². The Bertz CT molecular complexity index is 796. The molecule has 126 valence electrons. The van der Waals surface area contributed by atoms with Gasteiger partial charge in [-0.05, 0) is 32.0 Å². The monoisotopic (exact) mass is 351 g/mol. The lowest BCUT2D eigenvalue weighted by Gasteiger charge is -2.09. The van der Waals surface area contributed by atoms with E-state index in [1.165, 1.54) is 18.2 Å². The van der Waals surface area contributed by atoms with Crippen LogP contribution in [0.4, 0.5) is 5.69 Å². The summed E-state index contributed by atoms with van der Waals surface area (Å²) < 4.78 is 4.94. The van der Waals surface area contributed by atoms with Crippen LogP contribution in [0.25, 0.3) is 0 Å². The van der Waals surface area contributed by atoms with Crippen LogP contribution < -0.4 is 10.6 Å². The van der Waals surface area contributed by atoms with E-state index in [-0.39, 0.29) is 21.8 Å². The van der Waals surface area contributed by atoms with Gasteiger partial charge >= 0.3 is 5.97 Å². The first-order chi connectivity index (χ1) is 11.3. The van der Waals surface area contributed by atoms with Crippen molar-refractivity contribution in [3.63, 3.8) is 0 Å². The lowest BCUT2D eigenvalue weighted by atomic mass is 10.1. The minimum atomic E-state index is -1.16. The first-order valence-corrected chi connectivity index (χ1v) is 7.21. The predicted octanol–water partition coefficient (Wildman–Crippen LogP) is 2.01. The summed E-state index contributed by atoms with van der Waals surface area (Å²) in [4.78, 5) is 34.7. The maximum atomic E-state index is 12.3. The quantitative estimate of drug-likeness (QED) is 0.757. The van der Waals surface area contributed by atoms with Gasteiger partial charge in [0.2, 0.25) is 0 Å². The fourth-order valence-corrected chi connectivity index (χ4v) is 2.18. The highest BCUT2D eigenvalue weighted by atomic mass is 35.5. The Kier molecular flexibility index (Phi) is 5.20. The molecule has 2 aromatic rings. The molecule has 24 heavy (non-hydrogen) atoms. The Balaban J connectivity index is 2.21. The molecular formula is C15H14ClN3O5. The average Bonchev–Trinajstić information content (AvgIpc) is 2.86. The van der Waals surface area contributed by atoms with Crippen LogP contribution in [0.1, 0.15) is 32.2 Å². The summed E-state index contributed by atoms with van der Waals surface area (Å²) in [5.41, 5.74) is 1.09. The smallest absolute Gasteiger partial charge is 0.322 e. The Hall–Kier alpha value is -2.87. The van der Waals surface area contributed by atoms with E-state index < -0.39 is 24.3 Å². The third-order valence-corrected chi connectivity index (χ3v) is 3.47. The topological polar surface area (TPSA) is 122 Å². The van der Waals surface area contributed by atoms with Crippen LogP contribution in [0.5, 0.6) is 0 Å². The molecule has 1 aromatic carbocycles. The summed E-state index contributed by atoms with van der Waals surface area (Å²) in [5, 5.41) is 17.3. The van der Waals surface area contributed by atoms with Crippen LogP contribution in [-0.2, 0) is 4.79 Å². The van der Waals surface area contributed by atoms with Gasteiger partial charge < -0.3 is 20.3 Å². The number of halogens is 1. The minimum absolute atomic E-state index is 0.162. The summed E-state index contributed by atoms with van der Waals surface area (Å²) in [7, 11) is 0. The van der Waals surface area contributed by atoms with E-state index in [1.54, 1.807) is 13.8 Å². The van der Waals surface area contributed by atoms with Gasteiger partial charge in [0.15, 0.2) is 0 Å². The normalized spacial score (nSPS) is 10.3. The second-order valence-electron chi connectivity index (χ2n) is 4.92. The van der Waals surface area contributed by atoms with E-state index in [0.717, 1.165) is 0 Å². The molecule has 0 radical (unpaired) electrons. The Morgan fingerprint density at radius 3 is 2.54 bits per heavy atom. The molecule has 0 aliphatic carbocycles. The second-order valence-corrected chi connectivity index (χ2v) is 5.33. The molecule has 1 aromatic heterocycles. The van der Waals surface area contributed by atoms with Crippen LogP contribution in [0, 0.1) is 13.8 Å². The third kappa shape index (κ3) is 3.90. The number of aliphatic carboxylic acids is 1. The van der Waals surface area contributed by atoms with Gasteiger partial charge in [0.1, 0.15) is 17.9 Å². The highest BCUT2D eigenvalue weighted by molar-refractivity contribution is 6.34. The molecular weight excluding hydrogens is 338 g/mol. The van der Waals surface area contributed by atoms with Crippen molar-refractivity contribution < 1.29 is 24.0 Å². The zero-order valence-corrected chi connectivity index (χ0v) is 13.6. The number of rotatable bonds is 5. The van der Waals surface area contributed by atoms with Crippen LogP contribution in [-0.4, -0.2) is 34.6 Å². The minimum Gasteiger partial charge on any atom is -0.480 e. The van der Waals surface area contributed by atoms with Crippen molar-refractivity contribution in [2.45, 2.75) is 13.8 Å². The van der Waals surface area contributed by atoms with Gasteiger partial charge in [-0.2, -0.15) is 0 Å². The molecule has 8 nitrogen and oxygen atoms in total. The molecule has 0 fully saturated rings. The summed E-state index contributed by atoms with van der Waals surface area (Å²) in [6.07, 6.45) is 0. The second kappa shape index (κ2) is 7.14. The first kappa shape index (κ1) is 17.5. The van der Waals surface area contributed by atoms with Crippen molar-refractivity contribution in [2.75, 3.05) is 11.9 Å².